The Morgan fingerprint density at radius 1 is 1.24 bits per heavy atom. The van der Waals surface area contributed by atoms with Crippen LogP contribution in [0.3, 0.4) is 0 Å². The molecule has 3 unspecified atom stereocenters. The summed E-state index contributed by atoms with van der Waals surface area (Å²) in [7, 11) is 4.11. The Labute approximate surface area is 127 Å². The lowest BCUT2D eigenvalue weighted by Crippen LogP contribution is -2.43. The summed E-state index contributed by atoms with van der Waals surface area (Å²) >= 11 is 0. The fourth-order valence-corrected chi connectivity index (χ4v) is 3.50. The van der Waals surface area contributed by atoms with Gasteiger partial charge in [-0.1, -0.05) is 12.1 Å². The number of hydrogen-bond donors (Lipinski definition) is 1. The lowest BCUT2D eigenvalue weighted by Gasteiger charge is -2.39. The van der Waals surface area contributed by atoms with Crippen molar-refractivity contribution in [3.05, 3.63) is 29.8 Å². The Balaban J connectivity index is 1.70. The summed E-state index contributed by atoms with van der Waals surface area (Å²) in [6.45, 7) is 2.35. The van der Waals surface area contributed by atoms with E-state index >= 15 is 0 Å². The van der Waals surface area contributed by atoms with Crippen molar-refractivity contribution in [2.75, 3.05) is 38.8 Å². The van der Waals surface area contributed by atoms with Crippen LogP contribution in [0.1, 0.15) is 30.9 Å². The predicted molar refractivity (Wildman–Crippen MR) is 84.5 cm³/mol. The first-order chi connectivity index (χ1) is 10.1. The van der Waals surface area contributed by atoms with Crippen molar-refractivity contribution in [1.82, 2.24) is 0 Å². The zero-order chi connectivity index (χ0) is 14.9. The van der Waals surface area contributed by atoms with Crippen molar-refractivity contribution in [3.63, 3.8) is 0 Å². The molecule has 3 atom stereocenters. The van der Waals surface area contributed by atoms with E-state index in [-0.39, 0.29) is 11.6 Å². The van der Waals surface area contributed by atoms with E-state index < -0.39 is 0 Å². The van der Waals surface area contributed by atoms with Gasteiger partial charge in [-0.05, 0) is 36.5 Å². The van der Waals surface area contributed by atoms with E-state index in [1.54, 1.807) is 0 Å². The zero-order valence-corrected chi connectivity index (χ0v) is 13.0. The van der Waals surface area contributed by atoms with Crippen LogP contribution in [0.25, 0.3) is 0 Å². The van der Waals surface area contributed by atoms with Crippen LogP contribution in [0.5, 0.6) is 0 Å². The summed E-state index contributed by atoms with van der Waals surface area (Å²) in [5, 5.41) is 0. The van der Waals surface area contributed by atoms with Gasteiger partial charge in [-0.15, -0.1) is 0 Å². The molecule has 1 aromatic carbocycles. The van der Waals surface area contributed by atoms with Crippen molar-refractivity contribution in [3.8, 4) is 0 Å². The van der Waals surface area contributed by atoms with Crippen LogP contribution in [0, 0.1) is 5.92 Å². The number of hydrogen-bond acceptors (Lipinski definition) is 4. The summed E-state index contributed by atoms with van der Waals surface area (Å²) in [4.78, 5) is 2.11. The summed E-state index contributed by atoms with van der Waals surface area (Å²) in [5.41, 5.74) is 8.90. The van der Waals surface area contributed by atoms with Gasteiger partial charge in [0.1, 0.15) is 0 Å². The van der Waals surface area contributed by atoms with E-state index in [4.69, 9.17) is 15.2 Å². The molecule has 2 aliphatic rings. The molecule has 0 radical (unpaired) electrons. The minimum Gasteiger partial charge on any atom is -0.378 e. The minimum absolute atomic E-state index is 0.0654. The maximum absolute atomic E-state index is 6.54. The van der Waals surface area contributed by atoms with Crippen molar-refractivity contribution < 1.29 is 9.47 Å². The number of ether oxygens (including phenoxy) is 2. The van der Waals surface area contributed by atoms with Gasteiger partial charge >= 0.3 is 0 Å². The normalized spacial score (nSPS) is 30.5. The lowest BCUT2D eigenvalue weighted by molar-refractivity contribution is -0.101. The Bertz CT molecular complexity index is 466. The van der Waals surface area contributed by atoms with Crippen LogP contribution >= 0.6 is 0 Å². The van der Waals surface area contributed by atoms with Gasteiger partial charge in [-0.2, -0.15) is 0 Å². The van der Waals surface area contributed by atoms with Crippen LogP contribution in [0.15, 0.2) is 24.3 Å². The lowest BCUT2D eigenvalue weighted by atomic mass is 9.79. The molecule has 2 N–H and O–H groups in total. The fourth-order valence-electron chi connectivity index (χ4n) is 3.50. The van der Waals surface area contributed by atoms with Gasteiger partial charge in [0.2, 0.25) is 0 Å². The van der Waals surface area contributed by atoms with E-state index in [2.05, 4.69) is 43.3 Å². The van der Waals surface area contributed by atoms with E-state index in [1.807, 2.05) is 0 Å². The second-order valence-corrected chi connectivity index (χ2v) is 6.60. The standard InChI is InChI=1S/C17H26N2O2/c1-19(2)15-5-3-13(4-6-15)16(18)14-7-9-21-17(11-14)8-10-20-12-17/h3-6,14,16H,7-12,18H2,1-2H3. The summed E-state index contributed by atoms with van der Waals surface area (Å²) in [6, 6.07) is 8.69. The maximum Gasteiger partial charge on any atom is 0.0940 e. The molecule has 2 aliphatic heterocycles. The molecule has 1 spiro atoms. The van der Waals surface area contributed by atoms with Crippen molar-refractivity contribution in [1.29, 1.82) is 0 Å². The Hall–Kier alpha value is -1.10. The second kappa shape index (κ2) is 5.95. The van der Waals surface area contributed by atoms with E-state index in [0.717, 1.165) is 39.1 Å². The number of nitrogens with two attached hydrogens (primary N) is 1. The van der Waals surface area contributed by atoms with Crippen LogP contribution < -0.4 is 10.6 Å². The number of benzene rings is 1. The topological polar surface area (TPSA) is 47.7 Å². The van der Waals surface area contributed by atoms with Gasteiger partial charge in [0.15, 0.2) is 0 Å². The summed E-state index contributed by atoms with van der Waals surface area (Å²) in [5.74, 6) is 0.477. The first kappa shape index (κ1) is 14.8. The monoisotopic (exact) mass is 290 g/mol. The highest BCUT2D eigenvalue weighted by Gasteiger charge is 2.42. The molecule has 0 amide bonds. The molecule has 2 fully saturated rings. The Kier molecular flexibility index (Phi) is 4.20. The molecule has 0 aliphatic carbocycles. The average Bonchev–Trinajstić information content (AvgIpc) is 2.94. The molecular formula is C17H26N2O2. The summed E-state index contributed by atoms with van der Waals surface area (Å²) in [6.07, 6.45) is 3.07. The average molecular weight is 290 g/mol. The Morgan fingerprint density at radius 2 is 2.00 bits per heavy atom. The van der Waals surface area contributed by atoms with Crippen molar-refractivity contribution in [2.45, 2.75) is 30.9 Å². The van der Waals surface area contributed by atoms with Gasteiger partial charge in [0.05, 0.1) is 12.2 Å². The molecule has 0 aromatic heterocycles. The van der Waals surface area contributed by atoms with Crippen molar-refractivity contribution in [2.24, 2.45) is 11.7 Å². The van der Waals surface area contributed by atoms with Gasteiger partial charge in [-0.3, -0.25) is 0 Å². The predicted octanol–water partition coefficient (Wildman–Crippen LogP) is 2.34. The molecule has 21 heavy (non-hydrogen) atoms. The van der Waals surface area contributed by atoms with Crippen molar-refractivity contribution >= 4 is 5.69 Å². The largest absolute Gasteiger partial charge is 0.378 e. The minimum atomic E-state index is -0.0654. The molecule has 116 valence electrons. The molecule has 4 heteroatoms. The van der Waals surface area contributed by atoms with E-state index in [1.165, 1.54) is 11.3 Å². The highest BCUT2D eigenvalue weighted by molar-refractivity contribution is 5.46. The second-order valence-electron chi connectivity index (χ2n) is 6.60. The first-order valence-electron chi connectivity index (χ1n) is 7.84. The summed E-state index contributed by atoms with van der Waals surface area (Å²) < 4.78 is 11.5. The quantitative estimate of drug-likeness (QED) is 0.928. The fraction of sp³-hybridized carbons (Fsp3) is 0.647. The number of nitrogens with zero attached hydrogens (tertiary/aromatic N) is 1. The molecule has 0 saturated carbocycles. The Morgan fingerprint density at radius 3 is 2.62 bits per heavy atom. The highest BCUT2D eigenvalue weighted by Crippen LogP contribution is 2.40. The SMILES string of the molecule is CN(C)c1ccc(C(N)C2CCOC3(CCOC3)C2)cc1. The van der Waals surface area contributed by atoms with E-state index in [9.17, 15) is 0 Å². The van der Waals surface area contributed by atoms with Gasteiger partial charge in [0, 0.05) is 45.5 Å². The van der Waals surface area contributed by atoms with Gasteiger partial charge < -0.3 is 20.1 Å². The highest BCUT2D eigenvalue weighted by atomic mass is 16.6. The van der Waals surface area contributed by atoms with Gasteiger partial charge in [-0.25, -0.2) is 0 Å². The van der Waals surface area contributed by atoms with E-state index in [0.29, 0.717) is 5.92 Å². The molecule has 2 heterocycles. The molecule has 3 rings (SSSR count). The third-order valence-electron chi connectivity index (χ3n) is 4.90. The van der Waals surface area contributed by atoms with Crippen LogP contribution in [-0.2, 0) is 9.47 Å². The maximum atomic E-state index is 6.54. The molecule has 2 saturated heterocycles. The third-order valence-corrected chi connectivity index (χ3v) is 4.90. The molecule has 1 aromatic rings. The number of anilines is 1. The third kappa shape index (κ3) is 3.07. The van der Waals surface area contributed by atoms with Crippen LogP contribution in [0.2, 0.25) is 0 Å². The molecular weight excluding hydrogens is 264 g/mol. The molecule has 4 nitrogen and oxygen atoms in total. The van der Waals surface area contributed by atoms with Gasteiger partial charge in [0.25, 0.3) is 0 Å². The molecule has 0 bridgehead atoms. The van der Waals surface area contributed by atoms with Crippen LogP contribution in [0.4, 0.5) is 5.69 Å². The number of rotatable bonds is 3. The van der Waals surface area contributed by atoms with Crippen LogP contribution in [-0.4, -0.2) is 39.5 Å². The first-order valence-corrected chi connectivity index (χ1v) is 7.84. The zero-order valence-electron chi connectivity index (χ0n) is 13.0. The smallest absolute Gasteiger partial charge is 0.0940 e.